The zero-order valence-electron chi connectivity index (χ0n) is 12.9. The lowest BCUT2D eigenvalue weighted by Gasteiger charge is -2.10. The molecule has 0 radical (unpaired) electrons. The van der Waals surface area contributed by atoms with Gasteiger partial charge in [-0.3, -0.25) is 9.36 Å². The zero-order chi connectivity index (χ0) is 18.1. The Hall–Kier alpha value is -2.08. The van der Waals surface area contributed by atoms with Crippen molar-refractivity contribution in [2.24, 2.45) is 0 Å². The lowest BCUT2D eigenvalue weighted by Crippen LogP contribution is -2.27. The summed E-state index contributed by atoms with van der Waals surface area (Å²) in [6, 6.07) is 8.09. The normalized spacial score (nSPS) is 10.9. The third-order valence-corrected chi connectivity index (χ3v) is 4.31. The van der Waals surface area contributed by atoms with E-state index < -0.39 is 5.97 Å². The second-order valence-electron chi connectivity index (χ2n) is 5.32. The summed E-state index contributed by atoms with van der Waals surface area (Å²) in [5, 5.41) is 0.953. The van der Waals surface area contributed by atoms with Gasteiger partial charge < -0.3 is 4.74 Å². The Labute approximate surface area is 157 Å². The van der Waals surface area contributed by atoms with Crippen molar-refractivity contribution in [1.82, 2.24) is 9.55 Å². The summed E-state index contributed by atoms with van der Waals surface area (Å²) in [6.45, 7) is 1.53. The van der Waals surface area contributed by atoms with Crippen LogP contribution in [0.25, 0.3) is 10.9 Å². The average Bonchev–Trinajstić information content (AvgIpc) is 2.54. The standard InChI is InChI=1S/C17H11Cl3N2O3/c1-9-3-2-4-11-15(9)21-8-22(17(11)24)7-14(23)25-16-12(19)5-10(18)6-13(16)20/h2-6,8H,7H2,1H3. The van der Waals surface area contributed by atoms with Crippen molar-refractivity contribution >= 4 is 51.7 Å². The van der Waals surface area contributed by atoms with Crippen molar-refractivity contribution in [2.45, 2.75) is 13.5 Å². The molecule has 0 unspecified atom stereocenters. The summed E-state index contributed by atoms with van der Waals surface area (Å²) >= 11 is 17.8. The Balaban J connectivity index is 1.88. The van der Waals surface area contributed by atoms with E-state index in [1.807, 2.05) is 13.0 Å². The molecule has 0 bridgehead atoms. The number of aromatic nitrogens is 2. The minimum atomic E-state index is -0.706. The first-order chi connectivity index (χ1) is 11.9. The quantitative estimate of drug-likeness (QED) is 0.489. The highest BCUT2D eigenvalue weighted by Crippen LogP contribution is 2.35. The number of rotatable bonds is 3. The topological polar surface area (TPSA) is 61.2 Å². The van der Waals surface area contributed by atoms with Crippen molar-refractivity contribution in [3.8, 4) is 5.75 Å². The molecule has 0 aliphatic rings. The SMILES string of the molecule is Cc1cccc2c(=O)n(CC(=O)Oc3c(Cl)cc(Cl)cc3Cl)cnc12. The lowest BCUT2D eigenvalue weighted by atomic mass is 10.1. The number of fused-ring (bicyclic) bond motifs is 1. The maximum Gasteiger partial charge on any atom is 0.331 e. The molecular weight excluding hydrogens is 387 g/mol. The summed E-state index contributed by atoms with van der Waals surface area (Å²) in [5.41, 5.74) is 1.14. The number of hydrogen-bond acceptors (Lipinski definition) is 4. The Morgan fingerprint density at radius 2 is 1.88 bits per heavy atom. The molecule has 3 rings (SSSR count). The minimum Gasteiger partial charge on any atom is -0.422 e. The van der Waals surface area contributed by atoms with Crippen LogP contribution in [0.15, 0.2) is 41.5 Å². The summed E-state index contributed by atoms with van der Waals surface area (Å²) in [6.07, 6.45) is 1.31. The van der Waals surface area contributed by atoms with E-state index >= 15 is 0 Å². The maximum atomic E-state index is 12.5. The highest BCUT2D eigenvalue weighted by molar-refractivity contribution is 6.40. The largest absolute Gasteiger partial charge is 0.422 e. The molecule has 0 saturated carbocycles. The van der Waals surface area contributed by atoms with E-state index in [4.69, 9.17) is 39.5 Å². The molecule has 5 nitrogen and oxygen atoms in total. The Bertz CT molecular complexity index is 1020. The predicted molar refractivity (Wildman–Crippen MR) is 97.8 cm³/mol. The molecule has 3 aromatic rings. The van der Waals surface area contributed by atoms with Crippen molar-refractivity contribution in [2.75, 3.05) is 0 Å². The molecule has 0 fully saturated rings. The molecule has 1 heterocycles. The molecular formula is C17H11Cl3N2O3. The number of nitrogens with zero attached hydrogens (tertiary/aromatic N) is 2. The van der Waals surface area contributed by atoms with Gasteiger partial charge in [0.05, 0.1) is 27.3 Å². The minimum absolute atomic E-state index is 0.00428. The van der Waals surface area contributed by atoms with Gasteiger partial charge in [0.25, 0.3) is 5.56 Å². The van der Waals surface area contributed by atoms with Gasteiger partial charge in [-0.1, -0.05) is 46.9 Å². The van der Waals surface area contributed by atoms with E-state index in [0.29, 0.717) is 15.9 Å². The van der Waals surface area contributed by atoms with E-state index in [-0.39, 0.29) is 27.9 Å². The van der Waals surface area contributed by atoms with Gasteiger partial charge in [0.1, 0.15) is 6.54 Å². The smallest absolute Gasteiger partial charge is 0.331 e. The fourth-order valence-corrected chi connectivity index (χ4v) is 3.26. The Morgan fingerprint density at radius 1 is 1.20 bits per heavy atom. The first-order valence-corrected chi connectivity index (χ1v) is 8.30. The van der Waals surface area contributed by atoms with Gasteiger partial charge in [0.15, 0.2) is 5.75 Å². The van der Waals surface area contributed by atoms with E-state index in [1.165, 1.54) is 23.0 Å². The van der Waals surface area contributed by atoms with Gasteiger partial charge in [-0.25, -0.2) is 9.78 Å². The molecule has 0 aliphatic heterocycles. The fraction of sp³-hybridized carbons (Fsp3) is 0.118. The predicted octanol–water partition coefficient (Wildman–Crippen LogP) is 4.27. The van der Waals surface area contributed by atoms with Crippen LogP contribution < -0.4 is 10.3 Å². The van der Waals surface area contributed by atoms with Crippen LogP contribution in [0.5, 0.6) is 5.75 Å². The van der Waals surface area contributed by atoms with E-state index in [0.717, 1.165) is 5.56 Å². The number of halogens is 3. The van der Waals surface area contributed by atoms with Gasteiger partial charge in [0.2, 0.25) is 0 Å². The molecule has 0 aliphatic carbocycles. The first-order valence-electron chi connectivity index (χ1n) is 7.17. The fourth-order valence-electron chi connectivity index (χ4n) is 2.36. The third-order valence-electron chi connectivity index (χ3n) is 3.53. The first kappa shape index (κ1) is 17.7. The average molecular weight is 398 g/mol. The van der Waals surface area contributed by atoms with Crippen molar-refractivity contribution in [1.29, 1.82) is 0 Å². The molecule has 8 heteroatoms. The molecule has 0 saturated heterocycles. The number of ether oxygens (including phenoxy) is 1. The van der Waals surface area contributed by atoms with E-state index in [9.17, 15) is 9.59 Å². The number of hydrogen-bond donors (Lipinski definition) is 0. The monoisotopic (exact) mass is 396 g/mol. The van der Waals surface area contributed by atoms with Crippen LogP contribution in [-0.4, -0.2) is 15.5 Å². The van der Waals surface area contributed by atoms with Crippen LogP contribution in [0.3, 0.4) is 0 Å². The van der Waals surface area contributed by atoms with Crippen LogP contribution in [-0.2, 0) is 11.3 Å². The number of carbonyl (C=O) groups is 1. The second kappa shape index (κ2) is 7.04. The second-order valence-corrected chi connectivity index (χ2v) is 6.57. The molecule has 128 valence electrons. The maximum absolute atomic E-state index is 12.5. The zero-order valence-corrected chi connectivity index (χ0v) is 15.2. The molecule has 1 aromatic heterocycles. The Morgan fingerprint density at radius 3 is 2.56 bits per heavy atom. The van der Waals surface area contributed by atoms with Gasteiger partial charge in [-0.15, -0.1) is 0 Å². The van der Waals surface area contributed by atoms with Gasteiger partial charge >= 0.3 is 5.97 Å². The number of aryl methyl sites for hydroxylation is 1. The van der Waals surface area contributed by atoms with Crippen LogP contribution >= 0.6 is 34.8 Å². The van der Waals surface area contributed by atoms with Crippen molar-refractivity contribution in [3.05, 3.63) is 67.6 Å². The van der Waals surface area contributed by atoms with Crippen LogP contribution in [0.2, 0.25) is 15.1 Å². The highest BCUT2D eigenvalue weighted by Gasteiger charge is 2.15. The number of carbonyl (C=O) groups excluding carboxylic acids is 1. The van der Waals surface area contributed by atoms with Crippen LogP contribution in [0.4, 0.5) is 0 Å². The van der Waals surface area contributed by atoms with Crippen molar-refractivity contribution < 1.29 is 9.53 Å². The number of para-hydroxylation sites is 1. The summed E-state index contributed by atoms with van der Waals surface area (Å²) in [4.78, 5) is 28.9. The van der Waals surface area contributed by atoms with E-state index in [1.54, 1.807) is 12.1 Å². The molecule has 2 aromatic carbocycles. The Kier molecular flexibility index (Phi) is 4.99. The molecule has 25 heavy (non-hydrogen) atoms. The highest BCUT2D eigenvalue weighted by atomic mass is 35.5. The van der Waals surface area contributed by atoms with Gasteiger partial charge in [0, 0.05) is 5.02 Å². The molecule has 0 N–H and O–H groups in total. The van der Waals surface area contributed by atoms with Crippen LogP contribution in [0, 0.1) is 6.92 Å². The summed E-state index contributed by atoms with van der Waals surface area (Å²) in [5.74, 6) is -0.711. The van der Waals surface area contributed by atoms with Crippen molar-refractivity contribution in [3.63, 3.8) is 0 Å². The van der Waals surface area contributed by atoms with Crippen LogP contribution in [0.1, 0.15) is 5.56 Å². The molecule has 0 spiro atoms. The molecule has 0 atom stereocenters. The summed E-state index contributed by atoms with van der Waals surface area (Å²) < 4.78 is 6.35. The van der Waals surface area contributed by atoms with Gasteiger partial charge in [-0.05, 0) is 30.7 Å². The van der Waals surface area contributed by atoms with Gasteiger partial charge in [-0.2, -0.15) is 0 Å². The summed E-state index contributed by atoms with van der Waals surface area (Å²) in [7, 11) is 0. The third kappa shape index (κ3) is 3.63. The lowest BCUT2D eigenvalue weighted by molar-refractivity contribution is -0.135. The van der Waals surface area contributed by atoms with E-state index in [2.05, 4.69) is 4.98 Å². The number of benzene rings is 2. The molecule has 0 amide bonds. The number of esters is 1.